The van der Waals surface area contributed by atoms with Crippen LogP contribution in [-0.4, -0.2) is 4.37 Å². The van der Waals surface area contributed by atoms with Crippen LogP contribution in [0.15, 0.2) is 39.3 Å². The minimum atomic E-state index is -0.131. The molecule has 6 heteroatoms. The number of halogens is 1. The van der Waals surface area contributed by atoms with E-state index in [-0.39, 0.29) is 4.74 Å². The molecule has 0 amide bonds. The number of aromatic nitrogens is 1. The molecule has 1 aromatic carbocycles. The maximum Gasteiger partial charge on any atom is 0.277 e. The molecule has 1 heterocycles. The molecule has 0 atom stereocenters. The van der Waals surface area contributed by atoms with Crippen LogP contribution >= 0.6 is 23.1 Å². The van der Waals surface area contributed by atoms with Crippen molar-refractivity contribution in [3.05, 3.63) is 44.5 Å². The largest absolute Gasteiger partial charge is 0.310 e. The number of azo groups is 1. The highest BCUT2D eigenvalue weighted by Crippen LogP contribution is 2.25. The molecule has 0 aliphatic heterocycles. The van der Waals surface area contributed by atoms with Crippen molar-refractivity contribution in [3.8, 4) is 0 Å². The van der Waals surface area contributed by atoms with E-state index in [1.54, 1.807) is 19.1 Å². The molecule has 0 spiro atoms. The summed E-state index contributed by atoms with van der Waals surface area (Å²) in [4.78, 5) is 11.3. The van der Waals surface area contributed by atoms with Gasteiger partial charge >= 0.3 is 0 Å². The number of H-pyrrole nitrogens is 1. The lowest BCUT2D eigenvalue weighted by molar-refractivity contribution is 1.19. The van der Waals surface area contributed by atoms with Gasteiger partial charge in [-0.1, -0.05) is 23.7 Å². The number of aromatic amines is 1. The third-order valence-corrected chi connectivity index (χ3v) is 3.06. The predicted molar refractivity (Wildman–Crippen MR) is 65.3 cm³/mol. The van der Waals surface area contributed by atoms with Crippen LogP contribution in [0.1, 0.15) is 5.69 Å². The quantitative estimate of drug-likeness (QED) is 0.813. The molecule has 0 aliphatic rings. The Bertz CT molecular complexity index is 588. The molecule has 0 fully saturated rings. The smallest absolute Gasteiger partial charge is 0.277 e. The summed E-state index contributed by atoms with van der Waals surface area (Å²) in [6, 6.07) is 7.08. The fraction of sp³-hybridized carbons (Fsp3) is 0.100. The average Bonchev–Trinajstić information content (AvgIpc) is 2.58. The van der Waals surface area contributed by atoms with Crippen molar-refractivity contribution in [1.82, 2.24) is 4.37 Å². The fourth-order valence-electron chi connectivity index (χ4n) is 1.13. The van der Waals surface area contributed by atoms with Gasteiger partial charge in [0, 0.05) is 0 Å². The number of benzene rings is 1. The standard InChI is InChI=1S/C10H8ClN3OS/c1-6-9(10(15)16-14-6)13-12-8-5-3-2-4-7(8)11/h2-5,14H,1H3. The third-order valence-electron chi connectivity index (χ3n) is 1.96. The zero-order chi connectivity index (χ0) is 11.5. The van der Waals surface area contributed by atoms with Crippen molar-refractivity contribution < 1.29 is 0 Å². The van der Waals surface area contributed by atoms with Crippen LogP contribution < -0.4 is 4.74 Å². The minimum absolute atomic E-state index is 0.131. The second kappa shape index (κ2) is 4.59. The van der Waals surface area contributed by atoms with Gasteiger partial charge in [0.1, 0.15) is 5.69 Å². The van der Waals surface area contributed by atoms with E-state index < -0.39 is 0 Å². The Morgan fingerprint density at radius 3 is 2.69 bits per heavy atom. The van der Waals surface area contributed by atoms with E-state index in [1.165, 1.54) is 0 Å². The Morgan fingerprint density at radius 1 is 1.31 bits per heavy atom. The van der Waals surface area contributed by atoms with Crippen molar-refractivity contribution in [2.45, 2.75) is 6.92 Å². The third kappa shape index (κ3) is 2.20. The van der Waals surface area contributed by atoms with E-state index in [9.17, 15) is 4.79 Å². The second-order valence-corrected chi connectivity index (χ2v) is 4.30. The van der Waals surface area contributed by atoms with E-state index in [1.807, 2.05) is 12.1 Å². The lowest BCUT2D eigenvalue weighted by Crippen LogP contribution is -1.86. The zero-order valence-electron chi connectivity index (χ0n) is 8.40. The van der Waals surface area contributed by atoms with Gasteiger partial charge in [0.25, 0.3) is 4.74 Å². The van der Waals surface area contributed by atoms with Gasteiger partial charge in [-0.15, -0.1) is 10.2 Å². The van der Waals surface area contributed by atoms with Gasteiger partial charge in [-0.05, 0) is 30.6 Å². The average molecular weight is 254 g/mol. The summed E-state index contributed by atoms with van der Waals surface area (Å²) in [6.45, 7) is 1.78. The molecule has 2 aromatic rings. The van der Waals surface area contributed by atoms with Crippen LogP contribution in [0.25, 0.3) is 0 Å². The molecule has 1 aromatic heterocycles. The van der Waals surface area contributed by atoms with Crippen molar-refractivity contribution in [2.24, 2.45) is 10.2 Å². The Labute approximate surface area is 101 Å². The van der Waals surface area contributed by atoms with Gasteiger partial charge < -0.3 is 4.37 Å². The number of hydrogen-bond donors (Lipinski definition) is 1. The number of aryl methyl sites for hydroxylation is 1. The van der Waals surface area contributed by atoms with E-state index >= 15 is 0 Å². The molecule has 0 saturated heterocycles. The zero-order valence-corrected chi connectivity index (χ0v) is 9.97. The van der Waals surface area contributed by atoms with Crippen molar-refractivity contribution in [2.75, 3.05) is 0 Å². The molecule has 0 bridgehead atoms. The molecule has 4 nitrogen and oxygen atoms in total. The van der Waals surface area contributed by atoms with Crippen LogP contribution in [0.3, 0.4) is 0 Å². The Balaban J connectivity index is 2.36. The lowest BCUT2D eigenvalue weighted by atomic mass is 10.3. The number of rotatable bonds is 2. The van der Waals surface area contributed by atoms with Gasteiger partial charge in [0.15, 0.2) is 5.69 Å². The summed E-state index contributed by atoms with van der Waals surface area (Å²) in [7, 11) is 0. The Hall–Kier alpha value is -1.46. The predicted octanol–water partition coefficient (Wildman–Crippen LogP) is 3.81. The Kier molecular flexibility index (Phi) is 3.17. The summed E-state index contributed by atoms with van der Waals surface area (Å²) in [5, 5.41) is 8.36. The summed E-state index contributed by atoms with van der Waals surface area (Å²) in [5.41, 5.74) is 1.60. The van der Waals surface area contributed by atoms with E-state index in [0.29, 0.717) is 22.1 Å². The van der Waals surface area contributed by atoms with Crippen molar-refractivity contribution >= 4 is 34.5 Å². The molecule has 2 rings (SSSR count). The molecule has 0 aliphatic carbocycles. The molecule has 82 valence electrons. The summed E-state index contributed by atoms with van der Waals surface area (Å²) in [6.07, 6.45) is 0. The van der Waals surface area contributed by atoms with Gasteiger partial charge in [-0.25, -0.2) is 0 Å². The van der Waals surface area contributed by atoms with E-state index in [2.05, 4.69) is 14.6 Å². The normalized spacial score (nSPS) is 11.1. The van der Waals surface area contributed by atoms with Gasteiger partial charge in [0.05, 0.1) is 10.7 Å². The van der Waals surface area contributed by atoms with E-state index in [4.69, 9.17) is 11.6 Å². The van der Waals surface area contributed by atoms with Crippen LogP contribution in [0.5, 0.6) is 0 Å². The van der Waals surface area contributed by atoms with E-state index in [0.717, 1.165) is 11.5 Å². The summed E-state index contributed by atoms with van der Waals surface area (Å²) in [5.74, 6) is 0. The first-order valence-electron chi connectivity index (χ1n) is 4.53. The van der Waals surface area contributed by atoms with Crippen LogP contribution in [-0.2, 0) is 0 Å². The first-order valence-corrected chi connectivity index (χ1v) is 5.72. The second-order valence-electron chi connectivity index (χ2n) is 3.12. The Morgan fingerprint density at radius 2 is 2.06 bits per heavy atom. The van der Waals surface area contributed by atoms with Crippen LogP contribution in [0, 0.1) is 6.92 Å². The van der Waals surface area contributed by atoms with Crippen LogP contribution in [0.4, 0.5) is 11.4 Å². The molecule has 0 saturated carbocycles. The van der Waals surface area contributed by atoms with Gasteiger partial charge in [-0.2, -0.15) is 0 Å². The number of nitrogens with one attached hydrogen (secondary N) is 1. The molecule has 16 heavy (non-hydrogen) atoms. The minimum Gasteiger partial charge on any atom is -0.310 e. The highest BCUT2D eigenvalue weighted by Gasteiger charge is 2.05. The van der Waals surface area contributed by atoms with Crippen molar-refractivity contribution in [1.29, 1.82) is 0 Å². The first kappa shape index (κ1) is 11.0. The maximum absolute atomic E-state index is 11.3. The lowest BCUT2D eigenvalue weighted by Gasteiger charge is -1.94. The number of hydrogen-bond acceptors (Lipinski definition) is 4. The SMILES string of the molecule is Cc1[nH]sc(=O)c1N=Nc1ccccc1Cl. The maximum atomic E-state index is 11.3. The molecular formula is C10H8ClN3OS. The van der Waals surface area contributed by atoms with Gasteiger partial charge in [0.2, 0.25) is 0 Å². The fourth-order valence-corrected chi connectivity index (χ4v) is 1.93. The first-order chi connectivity index (χ1) is 7.68. The molecular weight excluding hydrogens is 246 g/mol. The molecule has 1 N–H and O–H groups in total. The number of nitrogens with zero attached hydrogens (tertiary/aromatic N) is 2. The molecule has 0 radical (unpaired) electrons. The topological polar surface area (TPSA) is 57.6 Å². The molecule has 0 unspecified atom stereocenters. The summed E-state index contributed by atoms with van der Waals surface area (Å²) >= 11 is 6.91. The van der Waals surface area contributed by atoms with Gasteiger partial charge in [-0.3, -0.25) is 4.79 Å². The highest BCUT2D eigenvalue weighted by molar-refractivity contribution is 7.03. The monoisotopic (exact) mass is 253 g/mol. The van der Waals surface area contributed by atoms with Crippen molar-refractivity contribution in [3.63, 3.8) is 0 Å². The summed E-state index contributed by atoms with van der Waals surface area (Å²) < 4.78 is 2.70. The van der Waals surface area contributed by atoms with Crippen LogP contribution in [0.2, 0.25) is 5.02 Å². The highest BCUT2D eigenvalue weighted by atomic mass is 35.5.